The summed E-state index contributed by atoms with van der Waals surface area (Å²) in [5.41, 5.74) is 2.25. The van der Waals surface area contributed by atoms with Crippen molar-refractivity contribution in [1.82, 2.24) is 4.98 Å². The molecule has 19 heavy (non-hydrogen) atoms. The third-order valence-electron chi connectivity index (χ3n) is 3.17. The average Bonchev–Trinajstić information content (AvgIpc) is 2.44. The number of nitrogens with one attached hydrogen (secondary N) is 1. The van der Waals surface area contributed by atoms with E-state index in [2.05, 4.69) is 22.4 Å². The van der Waals surface area contributed by atoms with Crippen LogP contribution in [0.2, 0.25) is 0 Å². The first-order valence-electron chi connectivity index (χ1n) is 6.63. The molecule has 1 aromatic heterocycles. The van der Waals surface area contributed by atoms with Gasteiger partial charge in [-0.2, -0.15) is 0 Å². The van der Waals surface area contributed by atoms with Crippen molar-refractivity contribution in [3.05, 3.63) is 59.8 Å². The van der Waals surface area contributed by atoms with Crippen LogP contribution in [0.4, 0.5) is 5.82 Å². The number of hydrogen-bond donors (Lipinski definition) is 2. The van der Waals surface area contributed by atoms with Gasteiger partial charge >= 0.3 is 0 Å². The van der Waals surface area contributed by atoms with E-state index in [0.29, 0.717) is 5.92 Å². The molecule has 0 radical (unpaired) electrons. The maximum Gasteiger partial charge on any atom is 0.126 e. The second kappa shape index (κ2) is 6.90. The number of aromatic nitrogens is 1. The van der Waals surface area contributed by atoms with E-state index in [1.165, 1.54) is 5.56 Å². The van der Waals surface area contributed by atoms with Crippen LogP contribution in [0.15, 0.2) is 48.5 Å². The lowest BCUT2D eigenvalue weighted by Crippen LogP contribution is -2.15. The van der Waals surface area contributed by atoms with Crippen LogP contribution in [0, 0.1) is 6.92 Å². The summed E-state index contributed by atoms with van der Waals surface area (Å²) >= 11 is 0. The quantitative estimate of drug-likeness (QED) is 0.835. The summed E-state index contributed by atoms with van der Waals surface area (Å²) in [5, 5.41) is 12.5. The van der Waals surface area contributed by atoms with Crippen LogP contribution < -0.4 is 5.32 Å². The van der Waals surface area contributed by atoms with E-state index in [9.17, 15) is 5.11 Å². The molecule has 3 heteroatoms. The third kappa shape index (κ3) is 4.07. The zero-order valence-electron chi connectivity index (χ0n) is 11.2. The number of nitrogens with zero attached hydrogens (tertiary/aromatic N) is 1. The number of anilines is 1. The Balaban J connectivity index is 2.01. The van der Waals surface area contributed by atoms with Crippen molar-refractivity contribution >= 4 is 5.82 Å². The van der Waals surface area contributed by atoms with Gasteiger partial charge in [0, 0.05) is 24.8 Å². The second-order valence-electron chi connectivity index (χ2n) is 4.66. The first-order chi connectivity index (χ1) is 9.29. The summed E-state index contributed by atoms with van der Waals surface area (Å²) in [6.07, 6.45) is 0.753. The largest absolute Gasteiger partial charge is 0.396 e. The van der Waals surface area contributed by atoms with Gasteiger partial charge in [-0.15, -0.1) is 0 Å². The first-order valence-corrected chi connectivity index (χ1v) is 6.63. The van der Waals surface area contributed by atoms with Gasteiger partial charge in [-0.3, -0.25) is 0 Å². The van der Waals surface area contributed by atoms with Gasteiger partial charge in [0.1, 0.15) is 5.82 Å². The minimum Gasteiger partial charge on any atom is -0.396 e. The number of aliphatic hydroxyl groups excluding tert-OH is 1. The minimum absolute atomic E-state index is 0.197. The van der Waals surface area contributed by atoms with Crippen molar-refractivity contribution in [2.45, 2.75) is 19.3 Å². The normalized spacial score (nSPS) is 12.1. The predicted octanol–water partition coefficient (Wildman–Crippen LogP) is 2.97. The van der Waals surface area contributed by atoms with Gasteiger partial charge in [-0.05, 0) is 31.0 Å². The molecule has 1 aromatic carbocycles. The van der Waals surface area contributed by atoms with Crippen molar-refractivity contribution in [2.24, 2.45) is 0 Å². The molecule has 0 saturated carbocycles. The molecule has 2 N–H and O–H groups in total. The van der Waals surface area contributed by atoms with E-state index in [1.54, 1.807) is 0 Å². The second-order valence-corrected chi connectivity index (χ2v) is 4.66. The van der Waals surface area contributed by atoms with Gasteiger partial charge in [0.25, 0.3) is 0 Å². The van der Waals surface area contributed by atoms with Gasteiger partial charge in [0.15, 0.2) is 0 Å². The Bertz CT molecular complexity index is 499. The Hall–Kier alpha value is -1.87. The standard InChI is InChI=1S/C16H20N2O/c1-13-6-5-9-16(18-13)17-12-15(10-11-19)14-7-3-2-4-8-14/h2-9,15,19H,10-12H2,1H3,(H,17,18). The SMILES string of the molecule is Cc1cccc(NCC(CCO)c2ccccc2)n1. The summed E-state index contributed by atoms with van der Waals surface area (Å²) in [6, 6.07) is 16.2. The highest BCUT2D eigenvalue weighted by atomic mass is 16.3. The highest BCUT2D eigenvalue weighted by Gasteiger charge is 2.10. The Morgan fingerprint density at radius 2 is 1.89 bits per heavy atom. The molecular formula is C16H20N2O. The van der Waals surface area contributed by atoms with Gasteiger partial charge in [-0.25, -0.2) is 4.98 Å². The zero-order valence-corrected chi connectivity index (χ0v) is 11.2. The van der Waals surface area contributed by atoms with E-state index >= 15 is 0 Å². The molecule has 0 fully saturated rings. The lowest BCUT2D eigenvalue weighted by Gasteiger charge is -2.17. The predicted molar refractivity (Wildman–Crippen MR) is 78.3 cm³/mol. The number of aliphatic hydroxyl groups is 1. The molecule has 0 spiro atoms. The molecule has 0 saturated heterocycles. The molecule has 1 heterocycles. The van der Waals surface area contributed by atoms with Crippen LogP contribution in [0.5, 0.6) is 0 Å². The Morgan fingerprint density at radius 3 is 2.58 bits per heavy atom. The molecule has 100 valence electrons. The molecule has 0 bridgehead atoms. The van der Waals surface area contributed by atoms with Gasteiger partial charge in [0.05, 0.1) is 0 Å². The highest BCUT2D eigenvalue weighted by molar-refractivity contribution is 5.36. The van der Waals surface area contributed by atoms with Crippen LogP contribution in [0.25, 0.3) is 0 Å². The smallest absolute Gasteiger partial charge is 0.126 e. The number of aryl methyl sites for hydroxylation is 1. The molecule has 2 rings (SSSR count). The van der Waals surface area contributed by atoms with Crippen LogP contribution in [0.1, 0.15) is 23.6 Å². The molecule has 0 aliphatic rings. The lowest BCUT2D eigenvalue weighted by molar-refractivity contribution is 0.277. The molecule has 2 aromatic rings. The number of benzene rings is 1. The van der Waals surface area contributed by atoms with Crippen molar-refractivity contribution in [3.63, 3.8) is 0 Å². The van der Waals surface area contributed by atoms with Crippen LogP contribution in [0.3, 0.4) is 0 Å². The number of pyridine rings is 1. The van der Waals surface area contributed by atoms with Crippen molar-refractivity contribution in [3.8, 4) is 0 Å². The maximum atomic E-state index is 9.20. The first kappa shape index (κ1) is 13.6. The summed E-state index contributed by atoms with van der Waals surface area (Å²) in [4.78, 5) is 4.43. The summed E-state index contributed by atoms with van der Waals surface area (Å²) in [7, 11) is 0. The highest BCUT2D eigenvalue weighted by Crippen LogP contribution is 2.19. The van der Waals surface area contributed by atoms with Crippen LogP contribution in [-0.2, 0) is 0 Å². The Labute approximate surface area is 114 Å². The van der Waals surface area contributed by atoms with Crippen molar-refractivity contribution in [1.29, 1.82) is 0 Å². The van der Waals surface area contributed by atoms with E-state index in [-0.39, 0.29) is 6.61 Å². The van der Waals surface area contributed by atoms with Crippen molar-refractivity contribution in [2.75, 3.05) is 18.5 Å². The van der Waals surface area contributed by atoms with E-state index in [4.69, 9.17) is 0 Å². The number of rotatable bonds is 6. The zero-order chi connectivity index (χ0) is 13.5. The minimum atomic E-state index is 0.197. The van der Waals surface area contributed by atoms with Crippen LogP contribution in [-0.4, -0.2) is 23.2 Å². The molecular weight excluding hydrogens is 236 g/mol. The van der Waals surface area contributed by atoms with Crippen LogP contribution >= 0.6 is 0 Å². The van der Waals surface area contributed by atoms with Gasteiger partial charge < -0.3 is 10.4 Å². The fourth-order valence-corrected chi connectivity index (χ4v) is 2.14. The Kier molecular flexibility index (Phi) is 4.93. The summed E-state index contributed by atoms with van der Waals surface area (Å²) < 4.78 is 0. The monoisotopic (exact) mass is 256 g/mol. The average molecular weight is 256 g/mol. The molecule has 3 nitrogen and oxygen atoms in total. The summed E-state index contributed by atoms with van der Waals surface area (Å²) in [5.74, 6) is 1.19. The maximum absolute atomic E-state index is 9.20. The molecule has 1 unspecified atom stereocenters. The van der Waals surface area contributed by atoms with Gasteiger partial charge in [0.2, 0.25) is 0 Å². The molecule has 0 aliphatic carbocycles. The van der Waals surface area contributed by atoms with E-state index < -0.39 is 0 Å². The Morgan fingerprint density at radius 1 is 1.11 bits per heavy atom. The fourth-order valence-electron chi connectivity index (χ4n) is 2.14. The number of hydrogen-bond acceptors (Lipinski definition) is 3. The lowest BCUT2D eigenvalue weighted by atomic mass is 9.96. The molecule has 1 atom stereocenters. The van der Waals surface area contributed by atoms with E-state index in [1.807, 2.05) is 43.3 Å². The van der Waals surface area contributed by atoms with Gasteiger partial charge in [-0.1, -0.05) is 36.4 Å². The fraction of sp³-hybridized carbons (Fsp3) is 0.312. The van der Waals surface area contributed by atoms with Crippen molar-refractivity contribution < 1.29 is 5.11 Å². The third-order valence-corrected chi connectivity index (χ3v) is 3.17. The topological polar surface area (TPSA) is 45.1 Å². The van der Waals surface area contributed by atoms with E-state index in [0.717, 1.165) is 24.5 Å². The summed E-state index contributed by atoms with van der Waals surface area (Å²) in [6.45, 7) is 2.96. The molecule has 0 aliphatic heterocycles. The molecule has 0 amide bonds.